The summed E-state index contributed by atoms with van der Waals surface area (Å²) in [5.74, 6) is 0.222. The molecule has 28 heavy (non-hydrogen) atoms. The molecule has 0 fully saturated rings. The van der Waals surface area contributed by atoms with Crippen molar-refractivity contribution in [2.24, 2.45) is 0 Å². The molecule has 4 aromatic rings. The number of carbonyl (C=O) groups is 1. The Morgan fingerprint density at radius 1 is 0.929 bits per heavy atom. The van der Waals surface area contributed by atoms with E-state index in [1.165, 1.54) is 5.56 Å². The molecular formula is C23H20N2O3. The Morgan fingerprint density at radius 3 is 2.54 bits per heavy atom. The lowest BCUT2D eigenvalue weighted by Crippen LogP contribution is -2.20. The maximum Gasteiger partial charge on any atom is 0.262 e. The summed E-state index contributed by atoms with van der Waals surface area (Å²) in [5, 5.41) is 3.98. The van der Waals surface area contributed by atoms with Crippen LogP contribution in [-0.4, -0.2) is 17.5 Å². The largest absolute Gasteiger partial charge is 0.484 e. The minimum atomic E-state index is -0.254. The molecule has 0 atom stereocenters. The molecule has 5 heteroatoms. The molecule has 3 aromatic carbocycles. The van der Waals surface area contributed by atoms with Crippen LogP contribution in [0.15, 0.2) is 65.5 Å². The highest BCUT2D eigenvalue weighted by atomic mass is 16.5. The molecule has 0 aliphatic rings. The van der Waals surface area contributed by atoms with E-state index in [1.807, 2.05) is 50.2 Å². The quantitative estimate of drug-likeness (QED) is 0.524. The summed E-state index contributed by atoms with van der Waals surface area (Å²) in [5.41, 5.74) is 4.48. The van der Waals surface area contributed by atoms with E-state index in [2.05, 4.69) is 10.3 Å². The van der Waals surface area contributed by atoms with Crippen molar-refractivity contribution in [3.8, 4) is 5.75 Å². The second kappa shape index (κ2) is 7.19. The van der Waals surface area contributed by atoms with Crippen molar-refractivity contribution in [3.63, 3.8) is 0 Å². The zero-order valence-corrected chi connectivity index (χ0v) is 15.7. The van der Waals surface area contributed by atoms with E-state index in [1.54, 1.807) is 24.3 Å². The van der Waals surface area contributed by atoms with E-state index in [4.69, 9.17) is 4.74 Å². The van der Waals surface area contributed by atoms with Crippen molar-refractivity contribution < 1.29 is 9.53 Å². The van der Waals surface area contributed by atoms with Crippen LogP contribution in [0.4, 0.5) is 5.69 Å². The van der Waals surface area contributed by atoms with Crippen LogP contribution in [0.2, 0.25) is 0 Å². The molecule has 4 rings (SSSR count). The Labute approximate surface area is 162 Å². The van der Waals surface area contributed by atoms with Crippen LogP contribution in [-0.2, 0) is 4.79 Å². The number of amides is 1. The Balaban J connectivity index is 1.52. The van der Waals surface area contributed by atoms with Crippen LogP contribution in [0, 0.1) is 13.8 Å². The van der Waals surface area contributed by atoms with Gasteiger partial charge in [-0.25, -0.2) is 0 Å². The van der Waals surface area contributed by atoms with Gasteiger partial charge in [-0.05, 0) is 67.4 Å². The number of fused-ring (bicyclic) bond motifs is 2. The number of aromatic amines is 1. The topological polar surface area (TPSA) is 71.2 Å². The van der Waals surface area contributed by atoms with E-state index in [9.17, 15) is 9.59 Å². The molecule has 140 valence electrons. The van der Waals surface area contributed by atoms with Crippen molar-refractivity contribution in [3.05, 3.63) is 82.0 Å². The fourth-order valence-corrected chi connectivity index (χ4v) is 3.16. The lowest BCUT2D eigenvalue weighted by molar-refractivity contribution is -0.118. The molecule has 0 radical (unpaired) electrons. The van der Waals surface area contributed by atoms with Gasteiger partial charge < -0.3 is 15.0 Å². The van der Waals surface area contributed by atoms with Crippen molar-refractivity contribution in [1.29, 1.82) is 0 Å². The number of pyridine rings is 1. The highest BCUT2D eigenvalue weighted by Gasteiger charge is 2.08. The average molecular weight is 372 g/mol. The van der Waals surface area contributed by atoms with Crippen molar-refractivity contribution in [1.82, 2.24) is 4.98 Å². The number of H-pyrrole nitrogens is 1. The highest BCUT2D eigenvalue weighted by molar-refractivity contribution is 5.93. The predicted molar refractivity (Wildman–Crippen MR) is 112 cm³/mol. The van der Waals surface area contributed by atoms with Crippen molar-refractivity contribution in [2.45, 2.75) is 13.8 Å². The number of benzene rings is 3. The lowest BCUT2D eigenvalue weighted by atomic mass is 10.1. The number of carbonyl (C=O) groups excluding carboxylic acids is 1. The third-order valence-electron chi connectivity index (χ3n) is 4.84. The summed E-state index contributed by atoms with van der Waals surface area (Å²) < 4.78 is 5.60. The Bertz CT molecular complexity index is 1260. The Morgan fingerprint density at radius 2 is 1.71 bits per heavy atom. The maximum atomic E-state index is 12.7. The van der Waals surface area contributed by atoms with Gasteiger partial charge in [0.15, 0.2) is 12.0 Å². The standard InChI is InChI=1S/C23H20N2O3/c1-14-7-8-16(11-15(14)2)24-22(26)13-28-17-9-10-21-19(12-17)23(27)18-5-3-4-6-20(18)25-21/h3-12H,13H2,1-2H3,(H,24,26)(H,25,27). The fourth-order valence-electron chi connectivity index (χ4n) is 3.16. The SMILES string of the molecule is Cc1ccc(NC(=O)COc2ccc3[nH]c4ccccc4c(=O)c3c2)cc1C. The minimum Gasteiger partial charge on any atom is -0.484 e. The molecule has 0 saturated heterocycles. The van der Waals surface area contributed by atoms with Gasteiger partial charge in [-0.15, -0.1) is 0 Å². The molecular weight excluding hydrogens is 352 g/mol. The van der Waals surface area contributed by atoms with E-state index in [-0.39, 0.29) is 17.9 Å². The summed E-state index contributed by atoms with van der Waals surface area (Å²) in [6, 6.07) is 18.3. The minimum absolute atomic E-state index is 0.0608. The summed E-state index contributed by atoms with van der Waals surface area (Å²) in [6.07, 6.45) is 0. The van der Waals surface area contributed by atoms with Crippen LogP contribution in [0.25, 0.3) is 21.8 Å². The number of aromatic nitrogens is 1. The second-order valence-corrected chi connectivity index (χ2v) is 6.84. The third-order valence-corrected chi connectivity index (χ3v) is 4.84. The maximum absolute atomic E-state index is 12.7. The molecule has 1 heterocycles. The summed E-state index contributed by atoms with van der Waals surface area (Å²) >= 11 is 0. The van der Waals surface area contributed by atoms with Gasteiger partial charge in [0.2, 0.25) is 0 Å². The van der Waals surface area contributed by atoms with Crippen LogP contribution < -0.4 is 15.5 Å². The van der Waals surface area contributed by atoms with Gasteiger partial charge in [-0.2, -0.15) is 0 Å². The third kappa shape index (κ3) is 3.47. The monoisotopic (exact) mass is 372 g/mol. The zero-order valence-electron chi connectivity index (χ0n) is 15.7. The molecule has 1 aromatic heterocycles. The molecule has 2 N–H and O–H groups in total. The number of hydrogen-bond acceptors (Lipinski definition) is 3. The predicted octanol–water partition coefficient (Wildman–Crippen LogP) is 4.32. The van der Waals surface area contributed by atoms with Gasteiger partial charge in [0.1, 0.15) is 5.75 Å². The van der Waals surface area contributed by atoms with Gasteiger partial charge in [0, 0.05) is 22.0 Å². The first-order chi connectivity index (χ1) is 13.5. The van der Waals surface area contributed by atoms with E-state index >= 15 is 0 Å². The molecule has 0 spiro atoms. The fraction of sp³-hybridized carbons (Fsp3) is 0.130. The van der Waals surface area contributed by atoms with Gasteiger partial charge >= 0.3 is 0 Å². The Hall–Kier alpha value is -3.60. The zero-order chi connectivity index (χ0) is 19.7. The van der Waals surface area contributed by atoms with Crippen LogP contribution in [0.5, 0.6) is 5.75 Å². The smallest absolute Gasteiger partial charge is 0.262 e. The highest BCUT2D eigenvalue weighted by Crippen LogP contribution is 2.20. The molecule has 0 aliphatic heterocycles. The lowest BCUT2D eigenvalue weighted by Gasteiger charge is -2.10. The van der Waals surface area contributed by atoms with Crippen LogP contribution >= 0.6 is 0 Å². The number of ether oxygens (including phenoxy) is 1. The number of para-hydroxylation sites is 1. The van der Waals surface area contributed by atoms with Crippen molar-refractivity contribution >= 4 is 33.4 Å². The summed E-state index contributed by atoms with van der Waals surface area (Å²) in [6.45, 7) is 3.89. The molecule has 0 saturated carbocycles. The molecule has 0 bridgehead atoms. The first kappa shape index (κ1) is 17.8. The van der Waals surface area contributed by atoms with Gasteiger partial charge in [-0.3, -0.25) is 9.59 Å². The number of hydrogen-bond donors (Lipinski definition) is 2. The Kier molecular flexibility index (Phi) is 4.57. The van der Waals surface area contributed by atoms with Crippen LogP contribution in [0.3, 0.4) is 0 Å². The normalized spacial score (nSPS) is 10.9. The first-order valence-electron chi connectivity index (χ1n) is 9.06. The van der Waals surface area contributed by atoms with E-state index in [0.717, 1.165) is 22.3 Å². The molecule has 1 amide bonds. The number of nitrogens with one attached hydrogen (secondary N) is 2. The summed E-state index contributed by atoms with van der Waals surface area (Å²) in [7, 11) is 0. The second-order valence-electron chi connectivity index (χ2n) is 6.84. The number of aryl methyl sites for hydroxylation is 2. The van der Waals surface area contributed by atoms with Crippen LogP contribution in [0.1, 0.15) is 11.1 Å². The van der Waals surface area contributed by atoms with E-state index < -0.39 is 0 Å². The number of rotatable bonds is 4. The van der Waals surface area contributed by atoms with Crippen molar-refractivity contribution in [2.75, 3.05) is 11.9 Å². The van der Waals surface area contributed by atoms with Gasteiger partial charge in [0.05, 0.1) is 5.52 Å². The summed E-state index contributed by atoms with van der Waals surface area (Å²) in [4.78, 5) is 28.2. The average Bonchev–Trinajstić information content (AvgIpc) is 2.70. The van der Waals surface area contributed by atoms with E-state index in [0.29, 0.717) is 16.5 Å². The number of anilines is 1. The van der Waals surface area contributed by atoms with Gasteiger partial charge in [0.25, 0.3) is 5.91 Å². The first-order valence-corrected chi connectivity index (χ1v) is 9.06. The molecule has 5 nitrogen and oxygen atoms in total. The molecule has 0 aliphatic carbocycles. The van der Waals surface area contributed by atoms with Gasteiger partial charge in [-0.1, -0.05) is 18.2 Å². The molecule has 0 unspecified atom stereocenters.